The average molecular weight is 196 g/mol. The van der Waals surface area contributed by atoms with Crippen LogP contribution in [0.15, 0.2) is 23.1 Å². The SMILES string of the molecule is COCC(=O)Nc1ccc(=O)n(C)c1. The predicted octanol–water partition coefficient (Wildman–Crippen LogP) is -0.0298. The van der Waals surface area contributed by atoms with E-state index in [0.717, 1.165) is 0 Å². The summed E-state index contributed by atoms with van der Waals surface area (Å²) >= 11 is 0. The first kappa shape index (κ1) is 10.5. The number of ether oxygens (including phenoxy) is 1. The zero-order valence-corrected chi connectivity index (χ0v) is 8.11. The van der Waals surface area contributed by atoms with E-state index in [2.05, 4.69) is 10.1 Å². The Bertz CT molecular complexity index is 384. The number of carbonyl (C=O) groups excluding carboxylic acids is 1. The van der Waals surface area contributed by atoms with Crippen LogP contribution in [0.2, 0.25) is 0 Å². The Labute approximate surface area is 81.3 Å². The van der Waals surface area contributed by atoms with Crippen molar-refractivity contribution in [1.29, 1.82) is 0 Å². The number of pyridine rings is 1. The van der Waals surface area contributed by atoms with Crippen LogP contribution in [-0.4, -0.2) is 24.2 Å². The van der Waals surface area contributed by atoms with Gasteiger partial charge in [-0.25, -0.2) is 0 Å². The molecule has 1 rings (SSSR count). The number of nitrogens with zero attached hydrogens (tertiary/aromatic N) is 1. The van der Waals surface area contributed by atoms with Crippen LogP contribution >= 0.6 is 0 Å². The number of aryl methyl sites for hydroxylation is 1. The summed E-state index contributed by atoms with van der Waals surface area (Å²) in [5, 5.41) is 2.59. The van der Waals surface area contributed by atoms with Crippen LogP contribution < -0.4 is 10.9 Å². The Balaban J connectivity index is 2.73. The van der Waals surface area contributed by atoms with E-state index >= 15 is 0 Å². The molecular weight excluding hydrogens is 184 g/mol. The van der Waals surface area contributed by atoms with Crippen molar-refractivity contribution in [3.63, 3.8) is 0 Å². The van der Waals surface area contributed by atoms with Crippen molar-refractivity contribution in [2.45, 2.75) is 0 Å². The molecule has 0 bridgehead atoms. The zero-order valence-electron chi connectivity index (χ0n) is 8.11. The normalized spacial score (nSPS) is 9.86. The van der Waals surface area contributed by atoms with Gasteiger partial charge < -0.3 is 14.6 Å². The summed E-state index contributed by atoms with van der Waals surface area (Å²) in [6.45, 7) is 0.00282. The van der Waals surface area contributed by atoms with Gasteiger partial charge in [-0.3, -0.25) is 9.59 Å². The van der Waals surface area contributed by atoms with Crippen molar-refractivity contribution in [2.75, 3.05) is 19.0 Å². The number of aromatic nitrogens is 1. The average Bonchev–Trinajstić information content (AvgIpc) is 2.12. The highest BCUT2D eigenvalue weighted by atomic mass is 16.5. The summed E-state index contributed by atoms with van der Waals surface area (Å²) in [6.07, 6.45) is 1.55. The minimum atomic E-state index is -0.244. The molecule has 0 saturated carbocycles. The fourth-order valence-corrected chi connectivity index (χ4v) is 0.996. The Hall–Kier alpha value is -1.62. The van der Waals surface area contributed by atoms with Gasteiger partial charge in [-0.2, -0.15) is 0 Å². The fraction of sp³-hybridized carbons (Fsp3) is 0.333. The van der Waals surface area contributed by atoms with Gasteiger partial charge in [0.2, 0.25) is 11.5 Å². The molecule has 0 unspecified atom stereocenters. The number of amides is 1. The maximum absolute atomic E-state index is 11.1. The van der Waals surface area contributed by atoms with E-state index in [1.54, 1.807) is 19.3 Å². The highest BCUT2D eigenvalue weighted by molar-refractivity contribution is 5.91. The zero-order chi connectivity index (χ0) is 10.6. The first-order valence-electron chi connectivity index (χ1n) is 4.09. The van der Waals surface area contributed by atoms with Gasteiger partial charge in [0.1, 0.15) is 6.61 Å². The lowest BCUT2D eigenvalue weighted by Crippen LogP contribution is -2.20. The number of rotatable bonds is 3. The number of hydrogen-bond acceptors (Lipinski definition) is 3. The van der Waals surface area contributed by atoms with Crippen LogP contribution in [0.5, 0.6) is 0 Å². The van der Waals surface area contributed by atoms with E-state index in [0.29, 0.717) is 5.69 Å². The molecule has 5 nitrogen and oxygen atoms in total. The molecule has 1 amide bonds. The van der Waals surface area contributed by atoms with Crippen molar-refractivity contribution in [3.05, 3.63) is 28.7 Å². The molecule has 76 valence electrons. The van der Waals surface area contributed by atoms with Crippen molar-refractivity contribution in [3.8, 4) is 0 Å². The second-order valence-electron chi connectivity index (χ2n) is 2.85. The van der Waals surface area contributed by atoms with Gasteiger partial charge in [0.15, 0.2) is 0 Å². The predicted molar refractivity (Wildman–Crippen MR) is 52.2 cm³/mol. The maximum atomic E-state index is 11.1. The minimum absolute atomic E-state index is 0.00282. The van der Waals surface area contributed by atoms with E-state index in [-0.39, 0.29) is 18.1 Å². The molecule has 0 aliphatic rings. The topological polar surface area (TPSA) is 60.3 Å². The summed E-state index contributed by atoms with van der Waals surface area (Å²) in [5.41, 5.74) is 0.462. The molecule has 5 heteroatoms. The van der Waals surface area contributed by atoms with Gasteiger partial charge in [-0.05, 0) is 6.07 Å². The summed E-state index contributed by atoms with van der Waals surface area (Å²) in [4.78, 5) is 22.1. The van der Waals surface area contributed by atoms with Gasteiger partial charge in [0.25, 0.3) is 0 Å². The third-order valence-corrected chi connectivity index (χ3v) is 1.65. The van der Waals surface area contributed by atoms with Crippen LogP contribution in [0.1, 0.15) is 0 Å². The van der Waals surface area contributed by atoms with Gasteiger partial charge in [-0.1, -0.05) is 0 Å². The molecular formula is C9H12N2O3. The monoisotopic (exact) mass is 196 g/mol. The number of carbonyl (C=O) groups is 1. The third-order valence-electron chi connectivity index (χ3n) is 1.65. The van der Waals surface area contributed by atoms with Crippen molar-refractivity contribution < 1.29 is 9.53 Å². The Morgan fingerprint density at radius 1 is 1.57 bits per heavy atom. The highest BCUT2D eigenvalue weighted by Gasteiger charge is 2.01. The third kappa shape index (κ3) is 2.70. The molecule has 0 saturated heterocycles. The lowest BCUT2D eigenvalue weighted by Gasteiger charge is -2.05. The van der Waals surface area contributed by atoms with Crippen LogP contribution in [0.3, 0.4) is 0 Å². The number of anilines is 1. The Kier molecular flexibility index (Phi) is 3.41. The molecule has 1 aromatic heterocycles. The van der Waals surface area contributed by atoms with E-state index in [1.165, 1.54) is 17.7 Å². The summed E-state index contributed by atoms with van der Waals surface area (Å²) < 4.78 is 6.04. The van der Waals surface area contributed by atoms with E-state index in [4.69, 9.17) is 0 Å². The molecule has 0 aliphatic heterocycles. The van der Waals surface area contributed by atoms with Crippen LogP contribution in [0.4, 0.5) is 5.69 Å². The van der Waals surface area contributed by atoms with E-state index in [9.17, 15) is 9.59 Å². The number of methoxy groups -OCH3 is 1. The second kappa shape index (κ2) is 4.57. The first-order chi connectivity index (χ1) is 6.63. The van der Waals surface area contributed by atoms with Crippen LogP contribution in [-0.2, 0) is 16.6 Å². The molecule has 0 aromatic carbocycles. The minimum Gasteiger partial charge on any atom is -0.375 e. The van der Waals surface area contributed by atoms with Crippen molar-refractivity contribution in [1.82, 2.24) is 4.57 Å². The summed E-state index contributed by atoms with van der Waals surface area (Å²) in [5.74, 6) is -0.244. The van der Waals surface area contributed by atoms with Crippen molar-refractivity contribution in [2.24, 2.45) is 7.05 Å². The molecule has 1 aromatic rings. The molecule has 0 atom stereocenters. The van der Waals surface area contributed by atoms with Gasteiger partial charge in [0, 0.05) is 26.4 Å². The van der Waals surface area contributed by atoms with Crippen LogP contribution in [0, 0.1) is 0 Å². The van der Waals surface area contributed by atoms with Gasteiger partial charge >= 0.3 is 0 Å². The second-order valence-corrected chi connectivity index (χ2v) is 2.85. The molecule has 14 heavy (non-hydrogen) atoms. The van der Waals surface area contributed by atoms with Crippen LogP contribution in [0.25, 0.3) is 0 Å². The fourth-order valence-electron chi connectivity index (χ4n) is 0.996. The number of nitrogens with one attached hydrogen (secondary N) is 1. The lowest BCUT2D eigenvalue weighted by atomic mass is 10.4. The van der Waals surface area contributed by atoms with E-state index < -0.39 is 0 Å². The van der Waals surface area contributed by atoms with Crippen molar-refractivity contribution >= 4 is 11.6 Å². The molecule has 0 aliphatic carbocycles. The maximum Gasteiger partial charge on any atom is 0.250 e. The Morgan fingerprint density at radius 3 is 2.86 bits per heavy atom. The highest BCUT2D eigenvalue weighted by Crippen LogP contribution is 2.01. The lowest BCUT2D eigenvalue weighted by molar-refractivity contribution is -0.119. The smallest absolute Gasteiger partial charge is 0.250 e. The van der Waals surface area contributed by atoms with Gasteiger partial charge in [-0.15, -0.1) is 0 Å². The Morgan fingerprint density at radius 2 is 2.29 bits per heavy atom. The molecule has 1 N–H and O–H groups in total. The summed E-state index contributed by atoms with van der Waals surface area (Å²) in [6, 6.07) is 2.94. The van der Waals surface area contributed by atoms with E-state index in [1.807, 2.05) is 0 Å². The van der Waals surface area contributed by atoms with Gasteiger partial charge in [0.05, 0.1) is 5.69 Å². The summed E-state index contributed by atoms with van der Waals surface area (Å²) in [7, 11) is 3.06. The molecule has 0 radical (unpaired) electrons. The molecule has 1 heterocycles. The standard InChI is InChI=1S/C9H12N2O3/c1-11-5-7(3-4-9(11)13)10-8(12)6-14-2/h3-5H,6H2,1-2H3,(H,10,12). The molecule has 0 fully saturated rings. The first-order valence-corrected chi connectivity index (χ1v) is 4.09. The molecule has 0 spiro atoms. The quantitative estimate of drug-likeness (QED) is 0.738. The largest absolute Gasteiger partial charge is 0.375 e. The number of hydrogen-bond donors (Lipinski definition) is 1.